The van der Waals surface area contributed by atoms with Crippen molar-refractivity contribution in [3.05, 3.63) is 35.4 Å². The summed E-state index contributed by atoms with van der Waals surface area (Å²) in [7, 11) is 3.54. The normalized spacial score (nSPS) is 13.5. The van der Waals surface area contributed by atoms with Crippen LogP contribution < -0.4 is 0 Å². The molecule has 0 amide bonds. The molecule has 0 spiro atoms. The van der Waals surface area contributed by atoms with Gasteiger partial charge in [0.05, 0.1) is 17.5 Å². The van der Waals surface area contributed by atoms with Gasteiger partial charge in [-0.2, -0.15) is 5.26 Å². The standard InChI is InChI=1S/C13H16F2N2/c1-13(2,8-16)12(17(3)4)10-6-5-9(14)7-11(10)15/h5-7,12H,1-4H3. The van der Waals surface area contributed by atoms with Crippen molar-refractivity contribution in [3.63, 3.8) is 0 Å². The van der Waals surface area contributed by atoms with Crippen molar-refractivity contribution >= 4 is 0 Å². The van der Waals surface area contributed by atoms with Crippen molar-refractivity contribution in [1.82, 2.24) is 4.90 Å². The van der Waals surface area contributed by atoms with Crippen LogP contribution in [0.4, 0.5) is 8.78 Å². The first-order valence-electron chi connectivity index (χ1n) is 5.32. The van der Waals surface area contributed by atoms with Gasteiger partial charge in [0.15, 0.2) is 0 Å². The minimum atomic E-state index is -0.762. The monoisotopic (exact) mass is 238 g/mol. The van der Waals surface area contributed by atoms with Crippen LogP contribution >= 0.6 is 0 Å². The van der Waals surface area contributed by atoms with Gasteiger partial charge in [-0.15, -0.1) is 0 Å². The number of nitrogens with zero attached hydrogens (tertiary/aromatic N) is 2. The Morgan fingerprint density at radius 2 is 1.88 bits per heavy atom. The van der Waals surface area contributed by atoms with E-state index in [-0.39, 0.29) is 0 Å². The van der Waals surface area contributed by atoms with E-state index in [2.05, 4.69) is 6.07 Å². The highest BCUT2D eigenvalue weighted by molar-refractivity contribution is 5.26. The Hall–Kier alpha value is -1.47. The SMILES string of the molecule is CN(C)C(c1ccc(F)cc1F)C(C)(C)C#N. The van der Waals surface area contributed by atoms with E-state index in [1.807, 2.05) is 0 Å². The molecule has 1 aromatic rings. The van der Waals surface area contributed by atoms with Crippen molar-refractivity contribution in [3.8, 4) is 6.07 Å². The van der Waals surface area contributed by atoms with E-state index in [1.54, 1.807) is 32.8 Å². The molecule has 1 atom stereocenters. The van der Waals surface area contributed by atoms with Crippen molar-refractivity contribution < 1.29 is 8.78 Å². The second-order valence-corrected chi connectivity index (χ2v) is 4.87. The summed E-state index contributed by atoms with van der Waals surface area (Å²) in [6, 6.07) is 5.19. The molecular weight excluding hydrogens is 222 g/mol. The van der Waals surface area contributed by atoms with Gasteiger partial charge in [-0.3, -0.25) is 0 Å². The minimum Gasteiger partial charge on any atom is -0.301 e. The lowest BCUT2D eigenvalue weighted by molar-refractivity contribution is 0.180. The van der Waals surface area contributed by atoms with Crippen LogP contribution in [-0.4, -0.2) is 19.0 Å². The second-order valence-electron chi connectivity index (χ2n) is 4.87. The molecule has 0 fully saturated rings. The maximum absolute atomic E-state index is 13.8. The highest BCUT2D eigenvalue weighted by Crippen LogP contribution is 2.37. The number of hydrogen-bond acceptors (Lipinski definition) is 2. The zero-order valence-electron chi connectivity index (χ0n) is 10.5. The molecular formula is C13H16F2N2. The minimum absolute atomic E-state index is 0.336. The van der Waals surface area contributed by atoms with Gasteiger partial charge in [-0.1, -0.05) is 6.07 Å². The van der Waals surface area contributed by atoms with Gasteiger partial charge in [0, 0.05) is 11.6 Å². The van der Waals surface area contributed by atoms with E-state index in [4.69, 9.17) is 5.26 Å². The quantitative estimate of drug-likeness (QED) is 0.809. The molecule has 0 radical (unpaired) electrons. The molecule has 1 aromatic carbocycles. The molecule has 0 N–H and O–H groups in total. The lowest BCUT2D eigenvalue weighted by atomic mass is 9.81. The lowest BCUT2D eigenvalue weighted by Crippen LogP contribution is -2.33. The van der Waals surface area contributed by atoms with Gasteiger partial charge in [-0.25, -0.2) is 8.78 Å². The molecule has 0 bridgehead atoms. The van der Waals surface area contributed by atoms with Crippen LogP contribution in [0.5, 0.6) is 0 Å². The summed E-state index contributed by atoms with van der Waals surface area (Å²) in [6.45, 7) is 3.47. The van der Waals surface area contributed by atoms with Crippen molar-refractivity contribution in [1.29, 1.82) is 5.26 Å². The Bertz CT molecular complexity index is 447. The number of nitriles is 1. The molecule has 1 rings (SSSR count). The predicted molar refractivity (Wildman–Crippen MR) is 62.2 cm³/mol. The molecule has 0 heterocycles. The Morgan fingerprint density at radius 1 is 1.29 bits per heavy atom. The van der Waals surface area contributed by atoms with Crippen LogP contribution in [-0.2, 0) is 0 Å². The third-order valence-electron chi connectivity index (χ3n) is 2.75. The first-order valence-corrected chi connectivity index (χ1v) is 5.32. The zero-order chi connectivity index (χ0) is 13.2. The fraction of sp³-hybridized carbons (Fsp3) is 0.462. The van der Waals surface area contributed by atoms with E-state index < -0.39 is 23.1 Å². The average Bonchev–Trinajstić information content (AvgIpc) is 2.21. The first-order chi connectivity index (χ1) is 7.79. The van der Waals surface area contributed by atoms with Crippen LogP contribution in [0.1, 0.15) is 25.5 Å². The maximum Gasteiger partial charge on any atom is 0.130 e. The summed E-state index contributed by atoms with van der Waals surface area (Å²) in [6.07, 6.45) is 0. The molecule has 17 heavy (non-hydrogen) atoms. The van der Waals surface area contributed by atoms with Gasteiger partial charge in [0.25, 0.3) is 0 Å². The number of rotatable bonds is 3. The smallest absolute Gasteiger partial charge is 0.130 e. The third-order valence-corrected chi connectivity index (χ3v) is 2.75. The van der Waals surface area contributed by atoms with Crippen LogP contribution in [0.2, 0.25) is 0 Å². The van der Waals surface area contributed by atoms with Gasteiger partial charge >= 0.3 is 0 Å². The van der Waals surface area contributed by atoms with E-state index in [0.29, 0.717) is 5.56 Å². The van der Waals surface area contributed by atoms with Gasteiger partial charge in [0.1, 0.15) is 11.6 Å². The Morgan fingerprint density at radius 3 is 2.29 bits per heavy atom. The van der Waals surface area contributed by atoms with Gasteiger partial charge in [0.2, 0.25) is 0 Å². The Labute approximate surface area is 100 Å². The molecule has 4 heteroatoms. The molecule has 0 aromatic heterocycles. The summed E-state index contributed by atoms with van der Waals surface area (Å²) in [5, 5.41) is 9.15. The number of hydrogen-bond donors (Lipinski definition) is 0. The van der Waals surface area contributed by atoms with Crippen molar-refractivity contribution in [2.24, 2.45) is 5.41 Å². The summed E-state index contributed by atoms with van der Waals surface area (Å²) in [5.74, 6) is -1.23. The van der Waals surface area contributed by atoms with Crippen LogP contribution in [0.3, 0.4) is 0 Å². The zero-order valence-corrected chi connectivity index (χ0v) is 10.5. The molecule has 2 nitrogen and oxygen atoms in total. The van der Waals surface area contributed by atoms with E-state index in [0.717, 1.165) is 6.07 Å². The van der Waals surface area contributed by atoms with Crippen LogP contribution in [0.25, 0.3) is 0 Å². The van der Waals surface area contributed by atoms with Crippen molar-refractivity contribution in [2.45, 2.75) is 19.9 Å². The Kier molecular flexibility index (Phi) is 3.84. The van der Waals surface area contributed by atoms with E-state index in [9.17, 15) is 8.78 Å². The third kappa shape index (κ3) is 2.80. The number of halogens is 2. The lowest BCUT2D eigenvalue weighted by Gasteiger charge is -2.34. The molecule has 0 aliphatic rings. The molecule has 92 valence electrons. The van der Waals surface area contributed by atoms with E-state index in [1.165, 1.54) is 12.1 Å². The fourth-order valence-corrected chi connectivity index (χ4v) is 2.10. The Balaban J connectivity index is 3.30. The molecule has 0 saturated carbocycles. The summed E-state index contributed by atoms with van der Waals surface area (Å²) >= 11 is 0. The molecule has 0 aliphatic carbocycles. The average molecular weight is 238 g/mol. The van der Waals surface area contributed by atoms with Crippen molar-refractivity contribution in [2.75, 3.05) is 14.1 Å². The predicted octanol–water partition coefficient (Wildman–Crippen LogP) is 3.12. The highest BCUT2D eigenvalue weighted by Gasteiger charge is 2.34. The summed E-state index contributed by atoms with van der Waals surface area (Å²) < 4.78 is 26.6. The highest BCUT2D eigenvalue weighted by atomic mass is 19.1. The van der Waals surface area contributed by atoms with E-state index >= 15 is 0 Å². The van der Waals surface area contributed by atoms with Crippen LogP contribution in [0, 0.1) is 28.4 Å². The largest absolute Gasteiger partial charge is 0.301 e. The topological polar surface area (TPSA) is 27.0 Å². The molecule has 0 saturated heterocycles. The second kappa shape index (κ2) is 4.80. The maximum atomic E-state index is 13.8. The summed E-state index contributed by atoms with van der Waals surface area (Å²) in [4.78, 5) is 1.76. The number of benzene rings is 1. The molecule has 1 unspecified atom stereocenters. The first kappa shape index (κ1) is 13.6. The van der Waals surface area contributed by atoms with Gasteiger partial charge in [-0.05, 0) is 34.0 Å². The molecule has 0 aliphatic heterocycles. The fourth-order valence-electron chi connectivity index (χ4n) is 2.10. The van der Waals surface area contributed by atoms with Crippen LogP contribution in [0.15, 0.2) is 18.2 Å². The van der Waals surface area contributed by atoms with Gasteiger partial charge < -0.3 is 4.90 Å². The summed E-state index contributed by atoms with van der Waals surface area (Å²) in [5.41, 5.74) is -0.426.